The number of anilines is 1. The highest BCUT2D eigenvalue weighted by molar-refractivity contribution is 5.33. The van der Waals surface area contributed by atoms with Gasteiger partial charge in [-0.1, -0.05) is 12.1 Å². The number of hydrogen-bond donors (Lipinski definition) is 1. The zero-order valence-electron chi connectivity index (χ0n) is 13.4. The normalized spacial score (nSPS) is 18.5. The molecule has 1 N–H and O–H groups in total. The lowest BCUT2D eigenvalue weighted by Crippen LogP contribution is -2.41. The molecule has 1 fully saturated rings. The minimum absolute atomic E-state index is 0.417. The van der Waals surface area contributed by atoms with Gasteiger partial charge in [-0.25, -0.2) is 4.98 Å². The van der Waals surface area contributed by atoms with E-state index in [0.29, 0.717) is 6.04 Å². The lowest BCUT2D eigenvalue weighted by atomic mass is 10.1. The number of pyridine rings is 1. The number of allylic oxidation sites excluding steroid dienone is 1. The summed E-state index contributed by atoms with van der Waals surface area (Å²) < 4.78 is 0. The van der Waals surface area contributed by atoms with Crippen LogP contribution in [0.25, 0.3) is 0 Å². The van der Waals surface area contributed by atoms with Crippen molar-refractivity contribution in [2.75, 3.05) is 18.4 Å². The lowest BCUT2D eigenvalue weighted by molar-refractivity contribution is 0.208. The summed E-state index contributed by atoms with van der Waals surface area (Å²) in [6.07, 6.45) is 12.4. The van der Waals surface area contributed by atoms with Crippen molar-refractivity contribution in [3.8, 4) is 0 Å². The Morgan fingerprint density at radius 1 is 1.30 bits per heavy atom. The molecule has 0 amide bonds. The Bertz CT molecular complexity index is 611. The van der Waals surface area contributed by atoms with E-state index in [0.717, 1.165) is 37.6 Å². The topological polar surface area (TPSA) is 53.9 Å². The smallest absolute Gasteiger partial charge is 0.144 e. The second-order valence-electron chi connectivity index (χ2n) is 5.97. The molecule has 5 heteroatoms. The van der Waals surface area contributed by atoms with Gasteiger partial charge in [0.05, 0.1) is 18.1 Å². The van der Waals surface area contributed by atoms with Crippen molar-refractivity contribution in [2.45, 2.75) is 31.8 Å². The minimum atomic E-state index is 0.417. The van der Waals surface area contributed by atoms with E-state index >= 15 is 0 Å². The van der Waals surface area contributed by atoms with Crippen LogP contribution in [0.4, 0.5) is 5.82 Å². The number of aromatic nitrogens is 3. The van der Waals surface area contributed by atoms with Crippen LogP contribution in [-0.2, 0) is 13.0 Å². The van der Waals surface area contributed by atoms with E-state index in [4.69, 9.17) is 0 Å². The van der Waals surface area contributed by atoms with Crippen LogP contribution in [-0.4, -0.2) is 39.0 Å². The van der Waals surface area contributed by atoms with Crippen LogP contribution >= 0.6 is 0 Å². The molecule has 2 aromatic heterocycles. The highest BCUT2D eigenvalue weighted by Crippen LogP contribution is 2.16. The number of hydrogen-bond acceptors (Lipinski definition) is 5. The van der Waals surface area contributed by atoms with E-state index in [1.807, 2.05) is 36.9 Å². The van der Waals surface area contributed by atoms with Crippen molar-refractivity contribution >= 4 is 5.82 Å². The second kappa shape index (κ2) is 7.83. The number of likely N-dealkylation sites (tertiary alicyclic amines) is 1. The summed E-state index contributed by atoms with van der Waals surface area (Å²) >= 11 is 0. The molecule has 0 bridgehead atoms. The van der Waals surface area contributed by atoms with Crippen LogP contribution in [0.2, 0.25) is 0 Å². The summed E-state index contributed by atoms with van der Waals surface area (Å²) in [6, 6.07) is 4.54. The highest BCUT2D eigenvalue weighted by Gasteiger charge is 2.20. The van der Waals surface area contributed by atoms with Crippen LogP contribution in [0, 0.1) is 0 Å². The Morgan fingerprint density at radius 3 is 3.00 bits per heavy atom. The summed E-state index contributed by atoms with van der Waals surface area (Å²) in [5.74, 6) is 0.853. The van der Waals surface area contributed by atoms with Gasteiger partial charge in [0.1, 0.15) is 5.82 Å². The van der Waals surface area contributed by atoms with Gasteiger partial charge in [0.15, 0.2) is 0 Å². The van der Waals surface area contributed by atoms with Gasteiger partial charge in [-0.2, -0.15) is 0 Å². The maximum atomic E-state index is 4.45. The Hall–Kier alpha value is -2.27. The monoisotopic (exact) mass is 309 g/mol. The van der Waals surface area contributed by atoms with E-state index in [2.05, 4.69) is 37.8 Å². The van der Waals surface area contributed by atoms with Crippen molar-refractivity contribution in [2.24, 2.45) is 0 Å². The molecule has 0 spiro atoms. The third-order valence-corrected chi connectivity index (χ3v) is 4.05. The molecule has 1 saturated heterocycles. The molecular weight excluding hydrogens is 286 g/mol. The summed E-state index contributed by atoms with van der Waals surface area (Å²) in [6.45, 7) is 6.83. The molecule has 0 aliphatic carbocycles. The molecule has 2 aromatic rings. The van der Waals surface area contributed by atoms with Crippen molar-refractivity contribution in [3.63, 3.8) is 0 Å². The molecular formula is C18H23N5. The summed E-state index contributed by atoms with van der Waals surface area (Å²) in [4.78, 5) is 15.5. The molecule has 3 heterocycles. The molecule has 3 rings (SSSR count). The molecule has 1 atom stereocenters. The van der Waals surface area contributed by atoms with Crippen LogP contribution in [0.3, 0.4) is 0 Å². The number of piperidine rings is 1. The van der Waals surface area contributed by atoms with Gasteiger partial charge in [0, 0.05) is 37.9 Å². The third kappa shape index (κ3) is 4.60. The van der Waals surface area contributed by atoms with E-state index in [1.54, 1.807) is 0 Å². The van der Waals surface area contributed by atoms with E-state index in [1.165, 1.54) is 18.4 Å². The predicted molar refractivity (Wildman–Crippen MR) is 92.1 cm³/mol. The largest absolute Gasteiger partial charge is 0.365 e. The van der Waals surface area contributed by atoms with Gasteiger partial charge in [-0.05, 0) is 31.0 Å². The van der Waals surface area contributed by atoms with Crippen LogP contribution in [0.1, 0.15) is 24.1 Å². The molecule has 5 nitrogen and oxygen atoms in total. The standard InChI is InChI=1S/C18H23N5/c1-2-5-16-11-21-18(12-20-16)22-17-7-4-9-23(14-17)13-15-6-3-8-19-10-15/h2-3,6,8,10-12,17H,1,4-5,7,9,13-14H2,(H,21,22)/t17-/m1/s1. The second-order valence-corrected chi connectivity index (χ2v) is 5.97. The molecule has 0 radical (unpaired) electrons. The van der Waals surface area contributed by atoms with E-state index < -0.39 is 0 Å². The number of nitrogens with zero attached hydrogens (tertiary/aromatic N) is 4. The van der Waals surface area contributed by atoms with Crippen molar-refractivity contribution in [1.82, 2.24) is 19.9 Å². The lowest BCUT2D eigenvalue weighted by Gasteiger charge is -2.33. The quantitative estimate of drug-likeness (QED) is 0.832. The molecule has 0 saturated carbocycles. The van der Waals surface area contributed by atoms with Crippen molar-refractivity contribution < 1.29 is 0 Å². The van der Waals surface area contributed by atoms with Crippen molar-refractivity contribution in [3.05, 3.63) is 60.8 Å². The zero-order chi connectivity index (χ0) is 15.9. The molecule has 1 aliphatic rings. The zero-order valence-corrected chi connectivity index (χ0v) is 13.4. The van der Waals surface area contributed by atoms with Crippen LogP contribution in [0.5, 0.6) is 0 Å². The van der Waals surface area contributed by atoms with Gasteiger partial charge < -0.3 is 5.32 Å². The SMILES string of the molecule is C=CCc1cnc(N[C@@H]2CCCN(Cc3cccnc3)C2)cn1. The first-order valence-corrected chi connectivity index (χ1v) is 8.13. The highest BCUT2D eigenvalue weighted by atomic mass is 15.2. The summed E-state index contributed by atoms with van der Waals surface area (Å²) in [5, 5.41) is 3.51. The van der Waals surface area contributed by atoms with Gasteiger partial charge >= 0.3 is 0 Å². The van der Waals surface area contributed by atoms with Gasteiger partial charge in [0.2, 0.25) is 0 Å². The fraction of sp³-hybridized carbons (Fsp3) is 0.389. The van der Waals surface area contributed by atoms with Crippen LogP contribution in [0.15, 0.2) is 49.6 Å². The number of nitrogens with one attached hydrogen (secondary N) is 1. The fourth-order valence-corrected chi connectivity index (χ4v) is 2.96. The maximum absolute atomic E-state index is 4.45. The van der Waals surface area contributed by atoms with Crippen LogP contribution < -0.4 is 5.32 Å². The average molecular weight is 309 g/mol. The summed E-state index contributed by atoms with van der Waals surface area (Å²) in [7, 11) is 0. The maximum Gasteiger partial charge on any atom is 0.144 e. The van der Waals surface area contributed by atoms with E-state index in [9.17, 15) is 0 Å². The van der Waals surface area contributed by atoms with Gasteiger partial charge in [-0.3, -0.25) is 14.9 Å². The third-order valence-electron chi connectivity index (χ3n) is 4.05. The first kappa shape index (κ1) is 15.6. The Kier molecular flexibility index (Phi) is 5.32. The fourth-order valence-electron chi connectivity index (χ4n) is 2.96. The average Bonchev–Trinajstić information content (AvgIpc) is 2.58. The Morgan fingerprint density at radius 2 is 2.26 bits per heavy atom. The minimum Gasteiger partial charge on any atom is -0.365 e. The first-order valence-electron chi connectivity index (χ1n) is 8.13. The van der Waals surface area contributed by atoms with E-state index in [-0.39, 0.29) is 0 Å². The van der Waals surface area contributed by atoms with Gasteiger partial charge in [0.25, 0.3) is 0 Å². The Labute approximate surface area is 137 Å². The molecule has 23 heavy (non-hydrogen) atoms. The molecule has 120 valence electrons. The summed E-state index contributed by atoms with van der Waals surface area (Å²) in [5.41, 5.74) is 2.22. The first-order chi connectivity index (χ1) is 11.3. The molecule has 1 aliphatic heterocycles. The number of rotatable bonds is 6. The van der Waals surface area contributed by atoms with Gasteiger partial charge in [-0.15, -0.1) is 6.58 Å². The molecule has 0 aromatic carbocycles. The Balaban J connectivity index is 1.55. The predicted octanol–water partition coefficient (Wildman–Crippen LogP) is 2.68. The van der Waals surface area contributed by atoms with Crippen molar-refractivity contribution in [1.29, 1.82) is 0 Å². The molecule has 0 unspecified atom stereocenters.